The molecular formula is C12H19N2O+. The van der Waals surface area contributed by atoms with Crippen LogP contribution in [0.15, 0.2) is 24.4 Å². The first kappa shape index (κ1) is 10.4. The molecule has 0 bridgehead atoms. The highest BCUT2D eigenvalue weighted by molar-refractivity contribution is 5.32. The van der Waals surface area contributed by atoms with Crippen molar-refractivity contribution in [3.8, 4) is 0 Å². The Labute approximate surface area is 91.3 Å². The number of hydrogen-bond donors (Lipinski definition) is 0. The van der Waals surface area contributed by atoms with Gasteiger partial charge in [-0.1, -0.05) is 6.07 Å². The van der Waals surface area contributed by atoms with Gasteiger partial charge in [-0.25, -0.2) is 4.57 Å². The van der Waals surface area contributed by atoms with Gasteiger partial charge in [0.05, 0.1) is 32.4 Å². The molecule has 0 aliphatic carbocycles. The minimum Gasteiger partial charge on any atom is -0.381 e. The SMILES string of the molecule is COC1CCN(c2cccc[n+]2C)CC1. The number of anilines is 1. The molecule has 15 heavy (non-hydrogen) atoms. The van der Waals surface area contributed by atoms with Gasteiger partial charge in [0.25, 0.3) is 5.82 Å². The Bertz CT molecular complexity index is 319. The molecule has 1 aliphatic rings. The molecule has 2 heterocycles. The van der Waals surface area contributed by atoms with Crippen molar-refractivity contribution in [2.75, 3.05) is 25.1 Å². The van der Waals surface area contributed by atoms with E-state index in [2.05, 4.69) is 40.9 Å². The smallest absolute Gasteiger partial charge is 0.276 e. The predicted molar refractivity (Wildman–Crippen MR) is 59.9 cm³/mol. The summed E-state index contributed by atoms with van der Waals surface area (Å²) in [6, 6.07) is 6.33. The van der Waals surface area contributed by atoms with Crippen LogP contribution in [0.5, 0.6) is 0 Å². The second-order valence-corrected chi connectivity index (χ2v) is 4.09. The van der Waals surface area contributed by atoms with Gasteiger partial charge < -0.3 is 4.74 Å². The fourth-order valence-electron chi connectivity index (χ4n) is 2.16. The van der Waals surface area contributed by atoms with Gasteiger partial charge in [0, 0.05) is 26.0 Å². The number of nitrogens with zero attached hydrogens (tertiary/aromatic N) is 2. The van der Waals surface area contributed by atoms with E-state index < -0.39 is 0 Å². The highest BCUT2D eigenvalue weighted by Gasteiger charge is 2.25. The van der Waals surface area contributed by atoms with E-state index in [1.165, 1.54) is 5.82 Å². The van der Waals surface area contributed by atoms with Crippen molar-refractivity contribution in [2.24, 2.45) is 7.05 Å². The molecular weight excluding hydrogens is 188 g/mol. The summed E-state index contributed by atoms with van der Waals surface area (Å²) in [6.45, 7) is 2.19. The fourth-order valence-corrected chi connectivity index (χ4v) is 2.16. The molecule has 1 aromatic rings. The first-order valence-corrected chi connectivity index (χ1v) is 5.53. The Kier molecular flexibility index (Phi) is 3.21. The monoisotopic (exact) mass is 207 g/mol. The standard InChI is InChI=1S/C12H19N2O/c1-13-8-4-3-5-12(13)14-9-6-11(15-2)7-10-14/h3-5,8,11H,6-7,9-10H2,1-2H3/q+1. The Morgan fingerprint density at radius 2 is 2.07 bits per heavy atom. The van der Waals surface area contributed by atoms with Crippen LogP contribution in [0.4, 0.5) is 5.82 Å². The minimum atomic E-state index is 0.454. The molecule has 0 amide bonds. The lowest BCUT2D eigenvalue weighted by molar-refractivity contribution is -0.659. The van der Waals surface area contributed by atoms with Crippen LogP contribution in [0.2, 0.25) is 0 Å². The molecule has 0 spiro atoms. The molecule has 0 N–H and O–H groups in total. The second kappa shape index (κ2) is 4.62. The largest absolute Gasteiger partial charge is 0.381 e. The van der Waals surface area contributed by atoms with Crippen molar-refractivity contribution in [1.82, 2.24) is 0 Å². The maximum atomic E-state index is 5.37. The zero-order valence-electron chi connectivity index (χ0n) is 9.52. The zero-order chi connectivity index (χ0) is 10.7. The Morgan fingerprint density at radius 3 is 2.67 bits per heavy atom. The van der Waals surface area contributed by atoms with Gasteiger partial charge in [-0.05, 0) is 6.07 Å². The Balaban J connectivity index is 2.04. The number of hydrogen-bond acceptors (Lipinski definition) is 2. The van der Waals surface area contributed by atoms with Gasteiger partial charge in [0.15, 0.2) is 0 Å². The van der Waals surface area contributed by atoms with Crippen LogP contribution in [-0.2, 0) is 11.8 Å². The van der Waals surface area contributed by atoms with Crippen molar-refractivity contribution < 1.29 is 9.30 Å². The van der Waals surface area contributed by atoms with E-state index in [0.717, 1.165) is 25.9 Å². The van der Waals surface area contributed by atoms with Gasteiger partial charge in [0.1, 0.15) is 0 Å². The summed E-state index contributed by atoms with van der Waals surface area (Å²) in [5.41, 5.74) is 0. The number of aryl methyl sites for hydroxylation is 1. The van der Waals surface area contributed by atoms with Gasteiger partial charge in [0.2, 0.25) is 0 Å². The summed E-state index contributed by atoms with van der Waals surface area (Å²) in [4.78, 5) is 2.43. The summed E-state index contributed by atoms with van der Waals surface area (Å²) in [5.74, 6) is 1.30. The molecule has 1 saturated heterocycles. The first-order chi connectivity index (χ1) is 7.31. The van der Waals surface area contributed by atoms with E-state index in [0.29, 0.717) is 6.10 Å². The predicted octanol–water partition coefficient (Wildman–Crippen LogP) is 1.13. The molecule has 3 nitrogen and oxygen atoms in total. The number of piperidine rings is 1. The molecule has 1 fully saturated rings. The Hall–Kier alpha value is -1.09. The number of ether oxygens (including phenoxy) is 1. The summed E-state index contributed by atoms with van der Waals surface area (Å²) >= 11 is 0. The molecule has 3 heteroatoms. The third kappa shape index (κ3) is 2.29. The van der Waals surface area contributed by atoms with Crippen LogP contribution in [0.25, 0.3) is 0 Å². The van der Waals surface area contributed by atoms with Crippen molar-refractivity contribution >= 4 is 5.82 Å². The highest BCUT2D eigenvalue weighted by Crippen LogP contribution is 2.17. The second-order valence-electron chi connectivity index (χ2n) is 4.09. The van der Waals surface area contributed by atoms with Crippen LogP contribution in [0.1, 0.15) is 12.8 Å². The van der Waals surface area contributed by atoms with Gasteiger partial charge in [-0.15, -0.1) is 0 Å². The van der Waals surface area contributed by atoms with E-state index in [9.17, 15) is 0 Å². The maximum absolute atomic E-state index is 5.37. The lowest BCUT2D eigenvalue weighted by Crippen LogP contribution is -2.44. The lowest BCUT2D eigenvalue weighted by atomic mass is 10.1. The minimum absolute atomic E-state index is 0.454. The number of methoxy groups -OCH3 is 1. The first-order valence-electron chi connectivity index (χ1n) is 5.53. The highest BCUT2D eigenvalue weighted by atomic mass is 16.5. The van der Waals surface area contributed by atoms with Crippen molar-refractivity contribution in [3.63, 3.8) is 0 Å². The van der Waals surface area contributed by atoms with E-state index in [1.807, 2.05) is 7.11 Å². The van der Waals surface area contributed by atoms with Crippen molar-refractivity contribution in [3.05, 3.63) is 24.4 Å². The molecule has 0 aromatic carbocycles. The van der Waals surface area contributed by atoms with Crippen molar-refractivity contribution in [1.29, 1.82) is 0 Å². The third-order valence-corrected chi connectivity index (χ3v) is 3.13. The quantitative estimate of drug-likeness (QED) is 0.676. The molecule has 0 atom stereocenters. The molecule has 0 saturated carbocycles. The normalized spacial score (nSPS) is 18.1. The number of pyridine rings is 1. The van der Waals surface area contributed by atoms with Gasteiger partial charge >= 0.3 is 0 Å². The fraction of sp³-hybridized carbons (Fsp3) is 0.583. The molecule has 0 unspecified atom stereocenters. The molecule has 1 aromatic heterocycles. The summed E-state index contributed by atoms with van der Waals surface area (Å²) < 4.78 is 7.55. The van der Waals surface area contributed by atoms with Gasteiger partial charge in [-0.3, -0.25) is 4.90 Å². The van der Waals surface area contributed by atoms with Crippen LogP contribution >= 0.6 is 0 Å². The topological polar surface area (TPSA) is 16.4 Å². The van der Waals surface area contributed by atoms with E-state index in [4.69, 9.17) is 4.74 Å². The summed E-state index contributed by atoms with van der Waals surface area (Å²) in [7, 11) is 3.90. The molecule has 0 radical (unpaired) electrons. The van der Waals surface area contributed by atoms with E-state index in [-0.39, 0.29) is 0 Å². The van der Waals surface area contributed by atoms with E-state index >= 15 is 0 Å². The van der Waals surface area contributed by atoms with Crippen LogP contribution < -0.4 is 9.47 Å². The average molecular weight is 207 g/mol. The van der Waals surface area contributed by atoms with Crippen LogP contribution in [0.3, 0.4) is 0 Å². The summed E-state index contributed by atoms with van der Waals surface area (Å²) in [5, 5.41) is 0. The van der Waals surface area contributed by atoms with E-state index in [1.54, 1.807) is 0 Å². The third-order valence-electron chi connectivity index (χ3n) is 3.13. The lowest BCUT2D eigenvalue weighted by Gasteiger charge is -2.27. The van der Waals surface area contributed by atoms with Gasteiger partial charge in [-0.2, -0.15) is 0 Å². The Morgan fingerprint density at radius 1 is 1.33 bits per heavy atom. The van der Waals surface area contributed by atoms with Crippen molar-refractivity contribution in [2.45, 2.75) is 18.9 Å². The average Bonchev–Trinajstić information content (AvgIpc) is 2.30. The zero-order valence-corrected chi connectivity index (χ0v) is 9.52. The molecule has 82 valence electrons. The molecule has 1 aliphatic heterocycles. The summed E-state index contributed by atoms with van der Waals surface area (Å²) in [6.07, 6.45) is 4.81. The van der Waals surface area contributed by atoms with Crippen LogP contribution in [0, 0.1) is 0 Å². The number of rotatable bonds is 2. The van der Waals surface area contributed by atoms with Crippen LogP contribution in [-0.4, -0.2) is 26.3 Å². The number of aromatic nitrogens is 1. The molecule has 2 rings (SSSR count). The maximum Gasteiger partial charge on any atom is 0.276 e.